The number of hydrogen-bond donors (Lipinski definition) is 2. The number of hydrogen-bond acceptors (Lipinski definition) is 2. The van der Waals surface area contributed by atoms with E-state index in [0.717, 1.165) is 12.1 Å². The number of halogens is 3. The molecule has 1 amide bonds. The van der Waals surface area contributed by atoms with Gasteiger partial charge in [0.2, 0.25) is 7.85 Å². The Balaban J connectivity index is 2.56. The summed E-state index contributed by atoms with van der Waals surface area (Å²) in [6, 6.07) is 4.26. The van der Waals surface area contributed by atoms with Gasteiger partial charge < -0.3 is 10.4 Å². The standard InChI is InChI=1S/C12H13BF3NO2/c13-11(19)17-10(7-18)6-3-8-1-4-9(5-2-8)12(14,15)16/h1-2,4-5,10,18H,3,6-7H2,(H,17,19)/t10-/m1/s1. The maximum Gasteiger partial charge on any atom is 0.416 e. The maximum atomic E-state index is 12.3. The van der Waals surface area contributed by atoms with Gasteiger partial charge in [-0.15, -0.1) is 0 Å². The Labute approximate surface area is 110 Å². The van der Waals surface area contributed by atoms with Gasteiger partial charge in [-0.1, -0.05) is 12.1 Å². The van der Waals surface area contributed by atoms with E-state index in [2.05, 4.69) is 5.32 Å². The minimum Gasteiger partial charge on any atom is -0.394 e. The van der Waals surface area contributed by atoms with E-state index in [9.17, 15) is 18.0 Å². The van der Waals surface area contributed by atoms with Gasteiger partial charge in [0.15, 0.2) is 5.81 Å². The highest BCUT2D eigenvalue weighted by Gasteiger charge is 2.29. The summed E-state index contributed by atoms with van der Waals surface area (Å²) in [5.41, 5.74) is -0.0112. The third-order valence-corrected chi connectivity index (χ3v) is 2.63. The van der Waals surface area contributed by atoms with E-state index in [0.29, 0.717) is 18.4 Å². The normalized spacial score (nSPS) is 13.1. The minimum absolute atomic E-state index is 0.274. The molecule has 102 valence electrons. The second-order valence-electron chi connectivity index (χ2n) is 4.12. The van der Waals surface area contributed by atoms with Crippen LogP contribution in [0.5, 0.6) is 0 Å². The smallest absolute Gasteiger partial charge is 0.394 e. The monoisotopic (exact) mass is 271 g/mol. The number of aliphatic hydroxyl groups excluding tert-OH is 1. The van der Waals surface area contributed by atoms with Crippen molar-refractivity contribution in [2.75, 3.05) is 6.61 Å². The predicted octanol–water partition coefficient (Wildman–Crippen LogP) is 1.88. The zero-order valence-corrected chi connectivity index (χ0v) is 10.1. The van der Waals surface area contributed by atoms with Crippen molar-refractivity contribution in [1.29, 1.82) is 0 Å². The van der Waals surface area contributed by atoms with Crippen LogP contribution in [0, 0.1) is 0 Å². The summed E-state index contributed by atoms with van der Waals surface area (Å²) in [4.78, 5) is 10.6. The Morgan fingerprint density at radius 1 is 1.32 bits per heavy atom. The van der Waals surface area contributed by atoms with Gasteiger partial charge in [-0.3, -0.25) is 4.79 Å². The van der Waals surface area contributed by atoms with Gasteiger partial charge in [0.1, 0.15) is 0 Å². The molecule has 1 rings (SSSR count). The topological polar surface area (TPSA) is 49.3 Å². The molecule has 7 heteroatoms. The largest absolute Gasteiger partial charge is 0.416 e. The number of aliphatic hydroxyl groups is 1. The third kappa shape index (κ3) is 5.34. The molecule has 0 aliphatic rings. The van der Waals surface area contributed by atoms with E-state index < -0.39 is 23.6 Å². The first-order chi connectivity index (χ1) is 8.82. The fourth-order valence-electron chi connectivity index (χ4n) is 1.61. The molecule has 0 unspecified atom stereocenters. The maximum absolute atomic E-state index is 12.3. The summed E-state index contributed by atoms with van der Waals surface area (Å²) in [7, 11) is 4.92. The molecular weight excluding hydrogens is 258 g/mol. The lowest BCUT2D eigenvalue weighted by Crippen LogP contribution is -2.37. The molecule has 0 aliphatic heterocycles. The molecule has 0 fully saturated rings. The summed E-state index contributed by atoms with van der Waals surface area (Å²) in [5, 5.41) is 11.3. The Kier molecular flexibility index (Phi) is 5.41. The molecule has 1 aromatic rings. The predicted molar refractivity (Wildman–Crippen MR) is 64.9 cm³/mol. The molecule has 0 saturated heterocycles. The lowest BCUT2D eigenvalue weighted by molar-refractivity contribution is -0.137. The number of amides is 1. The molecule has 0 spiro atoms. The van der Waals surface area contributed by atoms with Crippen LogP contribution in [0.1, 0.15) is 17.5 Å². The lowest BCUT2D eigenvalue weighted by Gasteiger charge is -2.15. The van der Waals surface area contributed by atoms with Crippen molar-refractivity contribution < 1.29 is 23.1 Å². The second kappa shape index (κ2) is 6.61. The third-order valence-electron chi connectivity index (χ3n) is 2.63. The molecule has 1 aromatic carbocycles. The van der Waals surface area contributed by atoms with E-state index in [1.807, 2.05) is 0 Å². The van der Waals surface area contributed by atoms with Gasteiger partial charge in [0, 0.05) is 0 Å². The van der Waals surface area contributed by atoms with E-state index in [1.165, 1.54) is 12.1 Å². The zero-order chi connectivity index (χ0) is 14.5. The second-order valence-corrected chi connectivity index (χ2v) is 4.12. The van der Waals surface area contributed by atoms with Crippen molar-refractivity contribution in [1.82, 2.24) is 5.32 Å². The van der Waals surface area contributed by atoms with Crippen LogP contribution >= 0.6 is 0 Å². The Morgan fingerprint density at radius 3 is 2.32 bits per heavy atom. The summed E-state index contributed by atoms with van der Waals surface area (Å²) in [6.45, 7) is -0.274. The molecule has 0 heterocycles. The number of carbonyl (C=O) groups excluding carboxylic acids is 1. The molecule has 0 aliphatic carbocycles. The van der Waals surface area contributed by atoms with Gasteiger partial charge in [-0.2, -0.15) is 13.2 Å². The molecular formula is C12H13BF3NO2. The highest BCUT2D eigenvalue weighted by molar-refractivity contribution is 6.57. The van der Waals surface area contributed by atoms with Gasteiger partial charge in [-0.05, 0) is 30.5 Å². The highest BCUT2D eigenvalue weighted by atomic mass is 19.4. The number of carbonyl (C=O) groups is 1. The Morgan fingerprint density at radius 2 is 1.89 bits per heavy atom. The summed E-state index contributed by atoms with van der Waals surface area (Å²) < 4.78 is 37.0. The van der Waals surface area contributed by atoms with Gasteiger partial charge in [0.25, 0.3) is 0 Å². The van der Waals surface area contributed by atoms with E-state index in [-0.39, 0.29) is 6.61 Å². The fraction of sp³-hybridized carbons (Fsp3) is 0.417. The van der Waals surface area contributed by atoms with Gasteiger partial charge in [0.05, 0.1) is 18.2 Å². The molecule has 19 heavy (non-hydrogen) atoms. The summed E-state index contributed by atoms with van der Waals surface area (Å²) in [6.07, 6.45) is -3.52. The molecule has 3 nitrogen and oxygen atoms in total. The van der Waals surface area contributed by atoms with Crippen molar-refractivity contribution in [2.24, 2.45) is 0 Å². The van der Waals surface area contributed by atoms with E-state index >= 15 is 0 Å². The summed E-state index contributed by atoms with van der Waals surface area (Å²) >= 11 is 0. The first-order valence-corrected chi connectivity index (χ1v) is 5.66. The SMILES string of the molecule is [B]C(=O)N[C@@H](CO)CCc1ccc(C(F)(F)F)cc1. The zero-order valence-electron chi connectivity index (χ0n) is 10.1. The molecule has 1 atom stereocenters. The average molecular weight is 271 g/mol. The van der Waals surface area contributed by atoms with Crippen molar-refractivity contribution in [2.45, 2.75) is 25.1 Å². The van der Waals surface area contributed by atoms with Crippen LogP contribution in [0.4, 0.5) is 18.0 Å². The van der Waals surface area contributed by atoms with Crippen LogP contribution in [-0.4, -0.2) is 31.4 Å². The highest BCUT2D eigenvalue weighted by Crippen LogP contribution is 2.29. The first kappa shape index (κ1) is 15.6. The average Bonchev–Trinajstić information content (AvgIpc) is 2.33. The van der Waals surface area contributed by atoms with Crippen LogP contribution in [0.25, 0.3) is 0 Å². The first-order valence-electron chi connectivity index (χ1n) is 5.66. The molecule has 2 N–H and O–H groups in total. The van der Waals surface area contributed by atoms with Crippen molar-refractivity contribution >= 4 is 13.7 Å². The van der Waals surface area contributed by atoms with Crippen LogP contribution in [0.15, 0.2) is 24.3 Å². The van der Waals surface area contributed by atoms with Crippen molar-refractivity contribution in [3.8, 4) is 0 Å². The number of aryl methyl sites for hydroxylation is 1. The summed E-state index contributed by atoms with van der Waals surface area (Å²) in [5.74, 6) is -0.744. The van der Waals surface area contributed by atoms with Crippen molar-refractivity contribution in [3.05, 3.63) is 35.4 Å². The number of nitrogens with one attached hydrogen (secondary N) is 1. The molecule has 2 radical (unpaired) electrons. The van der Waals surface area contributed by atoms with E-state index in [4.69, 9.17) is 13.0 Å². The van der Waals surface area contributed by atoms with Crippen LogP contribution in [-0.2, 0) is 12.6 Å². The molecule has 0 aromatic heterocycles. The Bertz CT molecular complexity index is 420. The van der Waals surface area contributed by atoms with Gasteiger partial charge in [-0.25, -0.2) is 0 Å². The van der Waals surface area contributed by atoms with E-state index in [1.54, 1.807) is 0 Å². The minimum atomic E-state index is -4.35. The molecule has 0 bridgehead atoms. The van der Waals surface area contributed by atoms with Crippen LogP contribution in [0.3, 0.4) is 0 Å². The number of benzene rings is 1. The number of rotatable bonds is 5. The number of alkyl halides is 3. The van der Waals surface area contributed by atoms with Crippen LogP contribution in [0.2, 0.25) is 0 Å². The fourth-order valence-corrected chi connectivity index (χ4v) is 1.61. The Hall–Kier alpha value is -1.50. The van der Waals surface area contributed by atoms with Gasteiger partial charge >= 0.3 is 6.18 Å². The lowest BCUT2D eigenvalue weighted by atomic mass is 10.0. The van der Waals surface area contributed by atoms with Crippen molar-refractivity contribution in [3.63, 3.8) is 0 Å². The van der Waals surface area contributed by atoms with Crippen LogP contribution < -0.4 is 5.32 Å². The quantitative estimate of drug-likeness (QED) is 0.803. The molecule has 0 saturated carbocycles.